The minimum Gasteiger partial charge on any atom is -0.400 e. The zero-order chi connectivity index (χ0) is 24.2. The number of aryl methyl sites for hydroxylation is 1. The van der Waals surface area contributed by atoms with Crippen molar-refractivity contribution in [3.63, 3.8) is 0 Å². The van der Waals surface area contributed by atoms with Crippen molar-refractivity contribution < 1.29 is 19.7 Å². The van der Waals surface area contributed by atoms with Gasteiger partial charge in [0.25, 0.3) is 0 Å². The number of aliphatic hydroxyl groups excluding tert-OH is 2. The maximum atomic E-state index is 10.1. The molecule has 0 spiro atoms. The monoisotopic (exact) mass is 484 g/mol. The molecule has 0 saturated carbocycles. The Kier molecular flexibility index (Phi) is 12.7. The van der Waals surface area contributed by atoms with Crippen LogP contribution in [-0.2, 0) is 22.3 Å². The van der Waals surface area contributed by atoms with Crippen molar-refractivity contribution >= 4 is 11.3 Å². The summed E-state index contributed by atoms with van der Waals surface area (Å²) < 4.78 is 10.6. The second kappa shape index (κ2) is 14.9. The van der Waals surface area contributed by atoms with Gasteiger partial charge >= 0.3 is 0 Å². The quantitative estimate of drug-likeness (QED) is 0.169. The molecule has 6 N–H and O–H groups in total. The van der Waals surface area contributed by atoms with E-state index in [4.69, 9.17) is 21.1 Å². The molecule has 8 nitrogen and oxygen atoms in total. The highest BCUT2D eigenvalue weighted by molar-refractivity contribution is 7.12. The van der Waals surface area contributed by atoms with Gasteiger partial charge in [0.1, 0.15) is 0 Å². The largest absolute Gasteiger partial charge is 0.400 e. The molecule has 0 aliphatic carbocycles. The van der Waals surface area contributed by atoms with Crippen LogP contribution in [0.1, 0.15) is 54.8 Å². The molecular weight excluding hydrogens is 440 g/mol. The minimum absolute atomic E-state index is 0.204. The van der Waals surface area contributed by atoms with E-state index in [1.165, 1.54) is 20.3 Å². The number of ether oxygens (including phenoxy) is 2. The van der Waals surface area contributed by atoms with Crippen molar-refractivity contribution in [1.82, 2.24) is 9.91 Å². The summed E-state index contributed by atoms with van der Waals surface area (Å²) in [5, 5.41) is 21.0. The molecule has 9 heteroatoms. The number of aliphatic hydroxyl groups is 2. The average molecular weight is 485 g/mol. The van der Waals surface area contributed by atoms with Crippen molar-refractivity contribution in [3.8, 4) is 0 Å². The fourth-order valence-corrected chi connectivity index (χ4v) is 5.56. The molecule has 1 aromatic heterocycles. The Labute approximate surface area is 203 Å². The van der Waals surface area contributed by atoms with Gasteiger partial charge in [-0.1, -0.05) is 6.92 Å². The van der Waals surface area contributed by atoms with Crippen molar-refractivity contribution in [2.45, 2.75) is 64.5 Å². The zero-order valence-electron chi connectivity index (χ0n) is 20.5. The number of thiophene rings is 1. The fraction of sp³-hybridized carbons (Fsp3) is 0.750. The van der Waals surface area contributed by atoms with E-state index in [2.05, 4.69) is 24.8 Å². The first-order chi connectivity index (χ1) is 15.9. The molecule has 0 aromatic carbocycles. The number of hydrazine groups is 1. The number of hydrogen-bond acceptors (Lipinski definition) is 9. The molecule has 3 atom stereocenters. The van der Waals surface area contributed by atoms with Gasteiger partial charge in [-0.3, -0.25) is 4.90 Å². The topological polar surface area (TPSA) is 117 Å². The third kappa shape index (κ3) is 9.52. The molecule has 1 saturated heterocycles. The number of hydrogen-bond donors (Lipinski definition) is 4. The Balaban J connectivity index is 1.81. The highest BCUT2D eigenvalue weighted by Crippen LogP contribution is 2.37. The van der Waals surface area contributed by atoms with E-state index in [9.17, 15) is 10.2 Å². The summed E-state index contributed by atoms with van der Waals surface area (Å²) in [6.45, 7) is 10.3. The predicted molar refractivity (Wildman–Crippen MR) is 134 cm³/mol. The van der Waals surface area contributed by atoms with Crippen molar-refractivity contribution in [3.05, 3.63) is 33.3 Å². The Morgan fingerprint density at radius 3 is 2.79 bits per heavy atom. The number of nitrogens with two attached hydrogens (primary N) is 2. The summed E-state index contributed by atoms with van der Waals surface area (Å²) in [5.41, 5.74) is 8.39. The van der Waals surface area contributed by atoms with Gasteiger partial charge in [-0.05, 0) is 57.2 Å². The lowest BCUT2D eigenvalue weighted by Crippen LogP contribution is -2.43. The highest BCUT2D eigenvalue weighted by Gasteiger charge is 2.28. The molecule has 0 amide bonds. The van der Waals surface area contributed by atoms with Crippen molar-refractivity contribution in [1.29, 1.82) is 0 Å². The molecule has 2 rings (SSSR count). The first-order valence-corrected chi connectivity index (χ1v) is 13.0. The number of likely N-dealkylation sites (tertiary alicyclic amines) is 1. The number of nitrogens with zero attached hydrogens (tertiary/aromatic N) is 2. The minimum atomic E-state index is -0.693. The lowest BCUT2D eigenvalue weighted by molar-refractivity contribution is -0.00178. The number of rotatable bonds is 15. The van der Waals surface area contributed by atoms with Crippen LogP contribution in [0.5, 0.6) is 0 Å². The van der Waals surface area contributed by atoms with Gasteiger partial charge in [-0.15, -0.1) is 11.3 Å². The van der Waals surface area contributed by atoms with E-state index >= 15 is 0 Å². The van der Waals surface area contributed by atoms with Gasteiger partial charge in [-0.25, -0.2) is 5.84 Å². The molecule has 0 bridgehead atoms. The van der Waals surface area contributed by atoms with Crippen LogP contribution < -0.4 is 11.6 Å². The molecule has 0 radical (unpaired) electrons. The van der Waals surface area contributed by atoms with Gasteiger partial charge in [-0.2, -0.15) is 0 Å². The summed E-state index contributed by atoms with van der Waals surface area (Å²) in [6, 6.07) is 2.76. The van der Waals surface area contributed by atoms with Gasteiger partial charge in [0.2, 0.25) is 0 Å². The van der Waals surface area contributed by atoms with Crippen LogP contribution in [0.25, 0.3) is 0 Å². The van der Waals surface area contributed by atoms with E-state index in [-0.39, 0.29) is 19.8 Å². The third-order valence-corrected chi connectivity index (χ3v) is 7.41. The van der Waals surface area contributed by atoms with E-state index in [0.29, 0.717) is 44.0 Å². The zero-order valence-corrected chi connectivity index (χ0v) is 21.4. The fourth-order valence-electron chi connectivity index (χ4n) is 4.37. The third-order valence-electron chi connectivity index (χ3n) is 6.06. The van der Waals surface area contributed by atoms with Crippen LogP contribution >= 0.6 is 11.3 Å². The van der Waals surface area contributed by atoms with Gasteiger partial charge in [0.05, 0.1) is 32.5 Å². The summed E-state index contributed by atoms with van der Waals surface area (Å²) in [6.07, 6.45) is 4.97. The SMILES string of the molecule is CCOCCOCC(O)CN(N)/C=C(\N)CN1CCC(c2cc(CC)sc2CCO)CC1C. The molecule has 1 aliphatic heterocycles. The molecule has 1 aromatic rings. The average Bonchev–Trinajstić information content (AvgIpc) is 3.18. The van der Waals surface area contributed by atoms with Gasteiger partial charge in [0, 0.05) is 53.9 Å². The van der Waals surface area contributed by atoms with E-state index in [1.807, 2.05) is 18.3 Å². The predicted octanol–water partition coefficient (Wildman–Crippen LogP) is 1.80. The van der Waals surface area contributed by atoms with Crippen LogP contribution in [0.2, 0.25) is 0 Å². The maximum Gasteiger partial charge on any atom is 0.0963 e. The normalized spacial score (nSPS) is 20.8. The summed E-state index contributed by atoms with van der Waals surface area (Å²) in [7, 11) is 0. The smallest absolute Gasteiger partial charge is 0.0963 e. The van der Waals surface area contributed by atoms with Crippen LogP contribution in [0.15, 0.2) is 18.0 Å². The van der Waals surface area contributed by atoms with Crippen molar-refractivity contribution in [2.24, 2.45) is 11.6 Å². The van der Waals surface area contributed by atoms with E-state index in [0.717, 1.165) is 32.2 Å². The summed E-state index contributed by atoms with van der Waals surface area (Å²) >= 11 is 1.85. The molecule has 1 fully saturated rings. The standard InChI is InChI=1S/C24H44N4O4S/c1-4-22-13-23(24(33-22)7-9-29)19-6-8-27(18(3)12-19)14-20(25)15-28(26)16-21(30)17-32-11-10-31-5-2/h13,15,18-19,21,29-30H,4-12,14,16-17,25-26H2,1-3H3/b20-15-. The first-order valence-electron chi connectivity index (χ1n) is 12.1. The second-order valence-corrected chi connectivity index (χ2v) is 10.0. The Bertz CT molecular complexity index is 715. The lowest BCUT2D eigenvalue weighted by atomic mass is 9.85. The van der Waals surface area contributed by atoms with E-state index in [1.54, 1.807) is 6.20 Å². The molecular formula is C24H44N4O4S. The Hall–Kier alpha value is -1.20. The van der Waals surface area contributed by atoms with Crippen LogP contribution in [0.3, 0.4) is 0 Å². The summed E-state index contributed by atoms with van der Waals surface area (Å²) in [4.78, 5) is 5.14. The highest BCUT2D eigenvalue weighted by atomic mass is 32.1. The molecule has 3 unspecified atom stereocenters. The van der Waals surface area contributed by atoms with Gasteiger partial charge in [0.15, 0.2) is 0 Å². The molecule has 33 heavy (non-hydrogen) atoms. The lowest BCUT2D eigenvalue weighted by Gasteiger charge is -2.38. The van der Waals surface area contributed by atoms with Crippen molar-refractivity contribution in [2.75, 3.05) is 52.7 Å². The van der Waals surface area contributed by atoms with Crippen LogP contribution in [0, 0.1) is 0 Å². The van der Waals surface area contributed by atoms with Crippen LogP contribution in [0.4, 0.5) is 0 Å². The maximum absolute atomic E-state index is 10.1. The Morgan fingerprint density at radius 1 is 1.36 bits per heavy atom. The molecule has 2 heterocycles. The summed E-state index contributed by atoms with van der Waals surface area (Å²) in [5.74, 6) is 6.56. The molecule has 190 valence electrons. The van der Waals surface area contributed by atoms with Crippen LogP contribution in [-0.4, -0.2) is 84.9 Å². The van der Waals surface area contributed by atoms with Gasteiger partial charge < -0.3 is 30.4 Å². The molecule has 1 aliphatic rings. The number of piperidine rings is 1. The van der Waals surface area contributed by atoms with E-state index < -0.39 is 6.10 Å². The first kappa shape index (κ1) is 28.0. The Morgan fingerprint density at radius 2 is 2.12 bits per heavy atom. The second-order valence-electron chi connectivity index (χ2n) is 8.79.